The van der Waals surface area contributed by atoms with Crippen molar-refractivity contribution < 1.29 is 14.3 Å². The smallest absolute Gasteiger partial charge is 0.343 e. The summed E-state index contributed by atoms with van der Waals surface area (Å²) in [6.45, 7) is 3.88. The van der Waals surface area contributed by atoms with Crippen LogP contribution in [0.1, 0.15) is 30.6 Å². The molecule has 18 heavy (non-hydrogen) atoms. The summed E-state index contributed by atoms with van der Waals surface area (Å²) in [5.41, 5.74) is 0.253. The number of esters is 1. The lowest BCUT2D eigenvalue weighted by molar-refractivity contribution is -0.115. The van der Waals surface area contributed by atoms with Gasteiger partial charge < -0.3 is 10.1 Å². The van der Waals surface area contributed by atoms with Crippen molar-refractivity contribution in [3.8, 4) is 0 Å². The van der Waals surface area contributed by atoms with Crippen LogP contribution < -0.4 is 5.32 Å². The predicted molar refractivity (Wildman–Crippen MR) is 70.8 cm³/mol. The second-order valence-electron chi connectivity index (χ2n) is 3.62. The van der Waals surface area contributed by atoms with Crippen LogP contribution in [0.3, 0.4) is 0 Å². The molecule has 0 spiro atoms. The first-order valence-corrected chi connectivity index (χ1v) is 6.56. The van der Waals surface area contributed by atoms with Gasteiger partial charge in [0, 0.05) is 7.05 Å². The number of carbonyl (C=O) groups is 2. The highest BCUT2D eigenvalue weighted by atomic mass is 79.9. The number of halogens is 1. The number of rotatable bonds is 5. The summed E-state index contributed by atoms with van der Waals surface area (Å²) in [5, 5.41) is 6.61. The molecule has 7 heteroatoms. The average molecular weight is 318 g/mol. The number of anilines is 1. The summed E-state index contributed by atoms with van der Waals surface area (Å²) in [5.74, 6) is -0.369. The molecule has 1 heterocycles. The predicted octanol–water partition coefficient (Wildman–Crippen LogP) is 1.71. The SMILES string of the molecule is CCOC(=O)c1cnn(C)c1NC(=O)C(Br)CC. The quantitative estimate of drug-likeness (QED) is 0.662. The number of alkyl halides is 1. The molecule has 0 aliphatic rings. The molecule has 1 aromatic heterocycles. The van der Waals surface area contributed by atoms with Gasteiger partial charge in [-0.15, -0.1) is 0 Å². The third kappa shape index (κ3) is 3.32. The third-order valence-corrected chi connectivity index (χ3v) is 3.38. The van der Waals surface area contributed by atoms with Crippen molar-refractivity contribution in [1.29, 1.82) is 0 Å². The van der Waals surface area contributed by atoms with E-state index < -0.39 is 5.97 Å². The van der Waals surface area contributed by atoms with Crippen LogP contribution >= 0.6 is 15.9 Å². The fourth-order valence-electron chi connectivity index (χ4n) is 1.32. The van der Waals surface area contributed by atoms with E-state index in [0.29, 0.717) is 12.2 Å². The lowest BCUT2D eigenvalue weighted by atomic mass is 10.3. The Morgan fingerprint density at radius 2 is 2.22 bits per heavy atom. The van der Waals surface area contributed by atoms with Gasteiger partial charge in [-0.25, -0.2) is 4.79 Å². The Kier molecular flexibility index (Phi) is 5.33. The Hall–Kier alpha value is -1.37. The highest BCUT2D eigenvalue weighted by molar-refractivity contribution is 9.10. The van der Waals surface area contributed by atoms with Gasteiger partial charge in [-0.1, -0.05) is 22.9 Å². The Balaban J connectivity index is 2.91. The molecule has 0 fully saturated rings. The van der Waals surface area contributed by atoms with Gasteiger partial charge in [-0.05, 0) is 13.3 Å². The number of amides is 1. The zero-order valence-corrected chi connectivity index (χ0v) is 12.2. The zero-order valence-electron chi connectivity index (χ0n) is 10.6. The highest BCUT2D eigenvalue weighted by Gasteiger charge is 2.21. The van der Waals surface area contributed by atoms with Crippen LogP contribution in [-0.4, -0.2) is 33.1 Å². The minimum atomic E-state index is -0.497. The minimum Gasteiger partial charge on any atom is -0.462 e. The van der Waals surface area contributed by atoms with Gasteiger partial charge in [0.2, 0.25) is 5.91 Å². The molecule has 1 atom stereocenters. The summed E-state index contributed by atoms with van der Waals surface area (Å²) < 4.78 is 6.33. The molecule has 1 rings (SSSR count). The first-order chi connectivity index (χ1) is 8.51. The van der Waals surface area contributed by atoms with E-state index in [-0.39, 0.29) is 22.9 Å². The maximum absolute atomic E-state index is 11.8. The average Bonchev–Trinajstić information content (AvgIpc) is 2.70. The van der Waals surface area contributed by atoms with Crippen molar-refractivity contribution in [3.63, 3.8) is 0 Å². The van der Waals surface area contributed by atoms with Gasteiger partial charge in [-0.2, -0.15) is 5.10 Å². The van der Waals surface area contributed by atoms with Crippen LogP contribution in [-0.2, 0) is 16.6 Å². The molecule has 6 nitrogen and oxygen atoms in total. The largest absolute Gasteiger partial charge is 0.462 e. The molecule has 0 radical (unpaired) electrons. The molecule has 0 aliphatic carbocycles. The van der Waals surface area contributed by atoms with Crippen molar-refractivity contribution in [2.75, 3.05) is 11.9 Å². The van der Waals surface area contributed by atoms with Gasteiger partial charge in [0.15, 0.2) is 0 Å². The van der Waals surface area contributed by atoms with E-state index in [4.69, 9.17) is 4.74 Å². The third-order valence-electron chi connectivity index (χ3n) is 2.32. The Bertz CT molecular complexity index is 445. The zero-order chi connectivity index (χ0) is 13.7. The molecule has 0 aliphatic heterocycles. The number of aryl methyl sites for hydroxylation is 1. The van der Waals surface area contributed by atoms with Crippen molar-refractivity contribution >= 4 is 33.6 Å². The van der Waals surface area contributed by atoms with E-state index in [0.717, 1.165) is 0 Å². The summed E-state index contributed by atoms with van der Waals surface area (Å²) in [6.07, 6.45) is 2.03. The Morgan fingerprint density at radius 1 is 1.56 bits per heavy atom. The summed E-state index contributed by atoms with van der Waals surface area (Å²) >= 11 is 3.25. The monoisotopic (exact) mass is 317 g/mol. The highest BCUT2D eigenvalue weighted by Crippen LogP contribution is 2.17. The summed E-state index contributed by atoms with van der Waals surface area (Å²) in [6, 6.07) is 0. The lowest BCUT2D eigenvalue weighted by Gasteiger charge is -2.10. The minimum absolute atomic E-state index is 0.216. The number of carbonyl (C=O) groups excluding carboxylic acids is 2. The molecule has 1 N–H and O–H groups in total. The molecule has 100 valence electrons. The van der Waals surface area contributed by atoms with E-state index in [9.17, 15) is 9.59 Å². The van der Waals surface area contributed by atoms with Crippen LogP contribution in [0, 0.1) is 0 Å². The molecule has 0 bridgehead atoms. The number of nitrogens with zero attached hydrogens (tertiary/aromatic N) is 2. The second kappa shape index (κ2) is 6.53. The molecule has 1 aromatic rings. The summed E-state index contributed by atoms with van der Waals surface area (Å²) in [4.78, 5) is 23.1. The number of hydrogen-bond donors (Lipinski definition) is 1. The molecular formula is C11H16BrN3O3. The Labute approximate surface area is 114 Å². The van der Waals surface area contributed by atoms with Crippen LogP contribution in [0.15, 0.2) is 6.20 Å². The van der Waals surface area contributed by atoms with Crippen molar-refractivity contribution in [3.05, 3.63) is 11.8 Å². The van der Waals surface area contributed by atoms with Crippen LogP contribution in [0.2, 0.25) is 0 Å². The summed E-state index contributed by atoms with van der Waals surface area (Å²) in [7, 11) is 1.65. The number of ether oxygens (including phenoxy) is 1. The maximum atomic E-state index is 11.8. The maximum Gasteiger partial charge on any atom is 0.343 e. The number of nitrogens with one attached hydrogen (secondary N) is 1. The van der Waals surface area contributed by atoms with E-state index in [1.165, 1.54) is 10.9 Å². The van der Waals surface area contributed by atoms with E-state index in [1.807, 2.05) is 6.92 Å². The molecule has 0 saturated heterocycles. The van der Waals surface area contributed by atoms with Gasteiger partial charge in [0.05, 0.1) is 17.6 Å². The van der Waals surface area contributed by atoms with Gasteiger partial charge in [0.25, 0.3) is 0 Å². The first kappa shape index (κ1) is 14.7. The van der Waals surface area contributed by atoms with Crippen LogP contribution in [0.4, 0.5) is 5.82 Å². The van der Waals surface area contributed by atoms with E-state index in [2.05, 4.69) is 26.3 Å². The van der Waals surface area contributed by atoms with E-state index in [1.54, 1.807) is 14.0 Å². The molecule has 0 aromatic carbocycles. The standard InChI is InChI=1S/C11H16BrN3O3/c1-4-8(12)10(16)14-9-7(6-13-15(9)3)11(17)18-5-2/h6,8H,4-5H2,1-3H3,(H,14,16). The Morgan fingerprint density at radius 3 is 2.78 bits per heavy atom. The lowest BCUT2D eigenvalue weighted by Crippen LogP contribution is -2.24. The van der Waals surface area contributed by atoms with Gasteiger partial charge in [-0.3, -0.25) is 9.48 Å². The van der Waals surface area contributed by atoms with Gasteiger partial charge >= 0.3 is 5.97 Å². The number of aromatic nitrogens is 2. The van der Waals surface area contributed by atoms with Gasteiger partial charge in [0.1, 0.15) is 11.4 Å². The topological polar surface area (TPSA) is 73.2 Å². The fourth-order valence-corrected chi connectivity index (χ4v) is 1.44. The molecular weight excluding hydrogens is 302 g/mol. The fraction of sp³-hybridized carbons (Fsp3) is 0.545. The molecule has 1 unspecified atom stereocenters. The van der Waals surface area contributed by atoms with Crippen molar-refractivity contribution in [1.82, 2.24) is 9.78 Å². The van der Waals surface area contributed by atoms with Crippen molar-refractivity contribution in [2.45, 2.75) is 25.1 Å². The first-order valence-electron chi connectivity index (χ1n) is 5.65. The molecule has 1 amide bonds. The van der Waals surface area contributed by atoms with Crippen molar-refractivity contribution in [2.24, 2.45) is 7.05 Å². The molecule has 0 saturated carbocycles. The van der Waals surface area contributed by atoms with E-state index >= 15 is 0 Å². The van der Waals surface area contributed by atoms with Crippen LogP contribution in [0.5, 0.6) is 0 Å². The normalized spacial score (nSPS) is 12.0. The van der Waals surface area contributed by atoms with Crippen LogP contribution in [0.25, 0.3) is 0 Å². The second-order valence-corrected chi connectivity index (χ2v) is 4.72. The number of hydrogen-bond acceptors (Lipinski definition) is 4.